The molecule has 2 aliphatic rings. The number of aliphatic hydroxyl groups excluding tert-OH is 1. The van der Waals surface area contributed by atoms with Gasteiger partial charge in [-0.15, -0.1) is 0 Å². The van der Waals surface area contributed by atoms with Gasteiger partial charge in [0, 0.05) is 23.7 Å². The third-order valence-electron chi connectivity index (χ3n) is 4.93. The molecule has 2 saturated heterocycles. The molecule has 0 aromatic heterocycles. The van der Waals surface area contributed by atoms with Gasteiger partial charge >= 0.3 is 6.03 Å². The molecule has 1 aromatic rings. The molecule has 23 heavy (non-hydrogen) atoms. The number of carbonyl (C=O) groups excluding carboxylic acids is 1. The Balaban J connectivity index is 1.56. The Morgan fingerprint density at radius 3 is 2.78 bits per heavy atom. The molecule has 2 heterocycles. The molecule has 3 atom stereocenters. The maximum Gasteiger partial charge on any atom is 0.315 e. The first-order valence-corrected chi connectivity index (χ1v) is 8.72. The number of nitrogens with one attached hydrogen (secondary N) is 2. The summed E-state index contributed by atoms with van der Waals surface area (Å²) < 4.78 is 0. The highest BCUT2D eigenvalue weighted by atomic mass is 35.5. The van der Waals surface area contributed by atoms with E-state index in [1.165, 1.54) is 12.8 Å². The van der Waals surface area contributed by atoms with E-state index in [0.29, 0.717) is 11.1 Å². The highest BCUT2D eigenvalue weighted by molar-refractivity contribution is 6.30. The molecule has 3 rings (SSSR count). The first kappa shape index (κ1) is 16.6. The van der Waals surface area contributed by atoms with Gasteiger partial charge in [-0.25, -0.2) is 4.79 Å². The van der Waals surface area contributed by atoms with Gasteiger partial charge < -0.3 is 15.7 Å². The van der Waals surface area contributed by atoms with E-state index >= 15 is 0 Å². The Hall–Kier alpha value is -1.30. The van der Waals surface area contributed by atoms with Gasteiger partial charge in [0.15, 0.2) is 0 Å². The third-order valence-corrected chi connectivity index (χ3v) is 5.18. The summed E-state index contributed by atoms with van der Waals surface area (Å²) in [6, 6.07) is 7.21. The molecule has 0 bridgehead atoms. The maximum atomic E-state index is 12.3. The Kier molecular flexibility index (Phi) is 5.41. The highest BCUT2D eigenvalue weighted by Crippen LogP contribution is 2.27. The molecule has 5 nitrogen and oxygen atoms in total. The summed E-state index contributed by atoms with van der Waals surface area (Å²) in [4.78, 5) is 14.8. The van der Waals surface area contributed by atoms with Gasteiger partial charge in [-0.1, -0.05) is 30.2 Å². The molecule has 2 aliphatic heterocycles. The fourth-order valence-corrected chi connectivity index (χ4v) is 3.84. The van der Waals surface area contributed by atoms with E-state index in [0.717, 1.165) is 31.5 Å². The molecule has 3 unspecified atom stereocenters. The van der Waals surface area contributed by atoms with Gasteiger partial charge in [-0.2, -0.15) is 0 Å². The molecule has 0 saturated carbocycles. The second-order valence-electron chi connectivity index (χ2n) is 6.40. The molecule has 3 N–H and O–H groups in total. The minimum Gasteiger partial charge on any atom is -0.394 e. The lowest BCUT2D eigenvalue weighted by molar-refractivity contribution is 0.176. The van der Waals surface area contributed by atoms with Crippen LogP contribution in [0.2, 0.25) is 5.02 Å². The minimum absolute atomic E-state index is 0.144. The van der Waals surface area contributed by atoms with Crippen molar-refractivity contribution in [3.8, 4) is 0 Å². The zero-order valence-electron chi connectivity index (χ0n) is 13.2. The van der Waals surface area contributed by atoms with Gasteiger partial charge in [0.25, 0.3) is 0 Å². The number of carbonyl (C=O) groups is 1. The molecule has 0 aliphatic carbocycles. The van der Waals surface area contributed by atoms with Crippen molar-refractivity contribution in [1.82, 2.24) is 15.5 Å². The zero-order valence-corrected chi connectivity index (χ0v) is 13.9. The van der Waals surface area contributed by atoms with Crippen LogP contribution in [0.5, 0.6) is 0 Å². The fraction of sp³-hybridized carbons (Fsp3) is 0.588. The molecule has 6 heteroatoms. The molecular formula is C17H24ClN3O2. The normalized spacial score (nSPS) is 25.7. The van der Waals surface area contributed by atoms with E-state index in [-0.39, 0.29) is 18.7 Å². The minimum atomic E-state index is -0.420. The van der Waals surface area contributed by atoms with Crippen molar-refractivity contribution in [2.24, 2.45) is 0 Å². The van der Waals surface area contributed by atoms with Crippen LogP contribution < -0.4 is 10.6 Å². The number of urea groups is 1. The lowest BCUT2D eigenvalue weighted by Crippen LogP contribution is -2.50. The summed E-state index contributed by atoms with van der Waals surface area (Å²) in [7, 11) is 0. The average molecular weight is 338 g/mol. The molecule has 1 aromatic carbocycles. The molecule has 126 valence electrons. The topological polar surface area (TPSA) is 64.6 Å². The second-order valence-corrected chi connectivity index (χ2v) is 6.84. The number of nitrogens with zero attached hydrogens (tertiary/aromatic N) is 1. The lowest BCUT2D eigenvalue weighted by atomic mass is 9.99. The van der Waals surface area contributed by atoms with E-state index in [2.05, 4.69) is 15.5 Å². The first-order valence-electron chi connectivity index (χ1n) is 8.35. The first-order chi connectivity index (χ1) is 11.2. The van der Waals surface area contributed by atoms with Crippen molar-refractivity contribution in [1.29, 1.82) is 0 Å². The predicted molar refractivity (Wildman–Crippen MR) is 90.6 cm³/mol. The van der Waals surface area contributed by atoms with Crippen molar-refractivity contribution in [2.45, 2.75) is 43.8 Å². The number of piperidine rings is 1. The number of aliphatic hydroxyl groups is 1. The van der Waals surface area contributed by atoms with E-state index in [9.17, 15) is 9.90 Å². The smallest absolute Gasteiger partial charge is 0.315 e. The SMILES string of the molecule is O=C(NC(CO)c1ccc(Cl)cc1)NC1CCN2CCCCC12. The summed E-state index contributed by atoms with van der Waals surface area (Å²) >= 11 is 5.88. The van der Waals surface area contributed by atoms with Gasteiger partial charge in [0.05, 0.1) is 12.6 Å². The standard InChI is InChI=1S/C17H24ClN3O2/c18-13-6-4-12(5-7-13)15(11-22)20-17(23)19-14-8-10-21-9-2-1-3-16(14)21/h4-7,14-16,22H,1-3,8-11H2,(H2,19,20,23). The van der Waals surface area contributed by atoms with Crippen LogP contribution in [0.1, 0.15) is 37.3 Å². The Labute approximate surface area is 142 Å². The van der Waals surface area contributed by atoms with Gasteiger partial charge in [-0.05, 0) is 43.5 Å². The van der Waals surface area contributed by atoms with Crippen molar-refractivity contribution >= 4 is 17.6 Å². The van der Waals surface area contributed by atoms with Crippen LogP contribution in [0.25, 0.3) is 0 Å². The van der Waals surface area contributed by atoms with Crippen LogP contribution in [-0.4, -0.2) is 47.8 Å². The van der Waals surface area contributed by atoms with Crippen LogP contribution in [0.4, 0.5) is 4.79 Å². The van der Waals surface area contributed by atoms with E-state index in [1.807, 2.05) is 12.1 Å². The van der Waals surface area contributed by atoms with E-state index in [4.69, 9.17) is 11.6 Å². The third kappa shape index (κ3) is 3.97. The molecule has 0 spiro atoms. The summed E-state index contributed by atoms with van der Waals surface area (Å²) in [5.41, 5.74) is 0.845. The number of hydrogen-bond acceptors (Lipinski definition) is 3. The number of amides is 2. The summed E-state index contributed by atoms with van der Waals surface area (Å²) in [5.74, 6) is 0. The highest BCUT2D eigenvalue weighted by Gasteiger charge is 2.36. The number of halogens is 1. The largest absolute Gasteiger partial charge is 0.394 e. The van der Waals surface area contributed by atoms with Crippen LogP contribution >= 0.6 is 11.6 Å². The number of rotatable bonds is 4. The average Bonchev–Trinajstić information content (AvgIpc) is 2.97. The lowest BCUT2D eigenvalue weighted by Gasteiger charge is -2.32. The van der Waals surface area contributed by atoms with E-state index in [1.54, 1.807) is 12.1 Å². The van der Waals surface area contributed by atoms with Gasteiger partial charge in [0.2, 0.25) is 0 Å². The predicted octanol–water partition coefficient (Wildman–Crippen LogP) is 2.30. The van der Waals surface area contributed by atoms with Crippen molar-refractivity contribution in [3.05, 3.63) is 34.9 Å². The number of benzene rings is 1. The van der Waals surface area contributed by atoms with Gasteiger partial charge in [-0.3, -0.25) is 4.90 Å². The monoisotopic (exact) mass is 337 g/mol. The molecule has 2 amide bonds. The van der Waals surface area contributed by atoms with E-state index < -0.39 is 6.04 Å². The van der Waals surface area contributed by atoms with Crippen molar-refractivity contribution in [3.63, 3.8) is 0 Å². The summed E-state index contributed by atoms with van der Waals surface area (Å²) in [6.07, 6.45) is 4.66. The van der Waals surface area contributed by atoms with Gasteiger partial charge in [0.1, 0.15) is 0 Å². The molecule has 2 fully saturated rings. The zero-order chi connectivity index (χ0) is 16.2. The van der Waals surface area contributed by atoms with Crippen LogP contribution in [-0.2, 0) is 0 Å². The van der Waals surface area contributed by atoms with Crippen molar-refractivity contribution in [2.75, 3.05) is 19.7 Å². The fourth-order valence-electron chi connectivity index (χ4n) is 3.71. The van der Waals surface area contributed by atoms with Crippen molar-refractivity contribution < 1.29 is 9.90 Å². The number of hydrogen-bond donors (Lipinski definition) is 3. The Morgan fingerprint density at radius 1 is 1.26 bits per heavy atom. The molecule has 0 radical (unpaired) electrons. The number of fused-ring (bicyclic) bond motifs is 1. The molecular weight excluding hydrogens is 314 g/mol. The quantitative estimate of drug-likeness (QED) is 0.790. The van der Waals surface area contributed by atoms with Crippen LogP contribution in [0.3, 0.4) is 0 Å². The maximum absolute atomic E-state index is 12.3. The Morgan fingerprint density at radius 2 is 2.04 bits per heavy atom. The second kappa shape index (κ2) is 7.51. The van der Waals surface area contributed by atoms with Crippen LogP contribution in [0.15, 0.2) is 24.3 Å². The van der Waals surface area contributed by atoms with Crippen LogP contribution in [0, 0.1) is 0 Å². The summed E-state index contributed by atoms with van der Waals surface area (Å²) in [6.45, 7) is 2.07. The summed E-state index contributed by atoms with van der Waals surface area (Å²) in [5, 5.41) is 16.2. The Bertz CT molecular complexity index is 537.